The van der Waals surface area contributed by atoms with Crippen LogP contribution in [0.15, 0.2) is 42.0 Å². The molecule has 0 radical (unpaired) electrons. The average molecular weight is 253 g/mol. The molecule has 0 bridgehead atoms. The molecule has 1 heterocycles. The molecule has 1 nitrogen and oxygen atoms in total. The molecule has 0 spiro atoms. The van der Waals surface area contributed by atoms with Crippen molar-refractivity contribution >= 4 is 5.57 Å². The Bertz CT molecular complexity index is 507. The van der Waals surface area contributed by atoms with Crippen LogP contribution in [-0.4, -0.2) is 12.6 Å². The van der Waals surface area contributed by atoms with Crippen LogP contribution in [0, 0.1) is 5.92 Å². The van der Waals surface area contributed by atoms with Crippen molar-refractivity contribution in [3.8, 4) is 0 Å². The maximum absolute atomic E-state index is 3.68. The van der Waals surface area contributed by atoms with Gasteiger partial charge in [0.2, 0.25) is 0 Å². The minimum atomic E-state index is 0.571. The summed E-state index contributed by atoms with van der Waals surface area (Å²) in [6.45, 7) is 5.62. The number of allylic oxidation sites excluding steroid dienone is 1. The monoisotopic (exact) mass is 253 g/mol. The van der Waals surface area contributed by atoms with Gasteiger partial charge in [-0.25, -0.2) is 0 Å². The topological polar surface area (TPSA) is 12.0 Å². The molecule has 0 amide bonds. The molecule has 2 aliphatic rings. The summed E-state index contributed by atoms with van der Waals surface area (Å²) in [5.74, 6) is 0.641. The number of benzene rings is 1. The van der Waals surface area contributed by atoms with Gasteiger partial charge in [-0.05, 0) is 47.5 Å². The van der Waals surface area contributed by atoms with Crippen LogP contribution in [0.5, 0.6) is 0 Å². The fourth-order valence-corrected chi connectivity index (χ4v) is 3.17. The Morgan fingerprint density at radius 2 is 2.00 bits per heavy atom. The highest BCUT2D eigenvalue weighted by atomic mass is 14.9. The Kier molecular flexibility index (Phi) is 3.56. The van der Waals surface area contributed by atoms with Crippen molar-refractivity contribution in [2.24, 2.45) is 5.92 Å². The zero-order valence-corrected chi connectivity index (χ0v) is 11.9. The van der Waals surface area contributed by atoms with E-state index in [-0.39, 0.29) is 0 Å². The van der Waals surface area contributed by atoms with Crippen molar-refractivity contribution in [3.05, 3.63) is 53.1 Å². The van der Waals surface area contributed by atoms with Gasteiger partial charge in [0, 0.05) is 12.6 Å². The molecule has 1 aliphatic heterocycles. The molecule has 1 aromatic carbocycles. The highest BCUT2D eigenvalue weighted by Gasteiger charge is 2.25. The van der Waals surface area contributed by atoms with Crippen molar-refractivity contribution in [1.82, 2.24) is 5.32 Å². The second-order valence-electron chi connectivity index (χ2n) is 5.81. The lowest BCUT2D eigenvalue weighted by molar-refractivity contribution is 0.471. The minimum Gasteiger partial charge on any atom is -0.309 e. The van der Waals surface area contributed by atoms with E-state index in [0.29, 0.717) is 12.0 Å². The quantitative estimate of drug-likeness (QED) is 0.841. The summed E-state index contributed by atoms with van der Waals surface area (Å²) in [4.78, 5) is 0. The summed E-state index contributed by atoms with van der Waals surface area (Å²) in [6.07, 6.45) is 8.44. The smallest absolute Gasteiger partial charge is 0.0326 e. The second kappa shape index (κ2) is 5.34. The highest BCUT2D eigenvalue weighted by Crippen LogP contribution is 2.35. The highest BCUT2D eigenvalue weighted by molar-refractivity contribution is 5.81. The fraction of sp³-hybridized carbons (Fsp3) is 0.444. The van der Waals surface area contributed by atoms with Crippen molar-refractivity contribution in [2.45, 2.75) is 39.2 Å². The van der Waals surface area contributed by atoms with Crippen LogP contribution < -0.4 is 5.32 Å². The molecule has 1 heteroatoms. The average Bonchev–Trinajstić information content (AvgIpc) is 2.47. The Balaban J connectivity index is 1.95. The van der Waals surface area contributed by atoms with Crippen LogP contribution >= 0.6 is 0 Å². The fourth-order valence-electron chi connectivity index (χ4n) is 3.17. The van der Waals surface area contributed by atoms with Gasteiger partial charge in [0.25, 0.3) is 0 Å². The Labute approximate surface area is 116 Å². The maximum Gasteiger partial charge on any atom is 0.0326 e. The standard InChI is InChI=1S/C18H23N/c1-3-14-7-9-15(10-8-14)16-5-4-6-18-17(16)11-13(2)12-19-18/h5,7-11,13,18-19H,3-4,6,12H2,1-2H3. The lowest BCUT2D eigenvalue weighted by atomic mass is 9.81. The van der Waals surface area contributed by atoms with E-state index in [1.165, 1.54) is 35.1 Å². The SMILES string of the molecule is CCc1ccc(C2=CCCC3NCC(C)C=C23)cc1. The van der Waals surface area contributed by atoms with E-state index < -0.39 is 0 Å². The number of rotatable bonds is 2. The molecule has 0 saturated heterocycles. The van der Waals surface area contributed by atoms with Gasteiger partial charge in [-0.15, -0.1) is 0 Å². The van der Waals surface area contributed by atoms with E-state index in [9.17, 15) is 0 Å². The molecule has 0 saturated carbocycles. The largest absolute Gasteiger partial charge is 0.309 e. The van der Waals surface area contributed by atoms with Gasteiger partial charge in [-0.2, -0.15) is 0 Å². The molecule has 1 aromatic rings. The Morgan fingerprint density at radius 3 is 2.74 bits per heavy atom. The predicted molar refractivity (Wildman–Crippen MR) is 82.1 cm³/mol. The normalized spacial score (nSPS) is 26.4. The molecule has 0 aromatic heterocycles. The molecule has 1 N–H and O–H groups in total. The van der Waals surface area contributed by atoms with Gasteiger partial charge in [0.15, 0.2) is 0 Å². The lowest BCUT2D eigenvalue weighted by Crippen LogP contribution is -2.39. The predicted octanol–water partition coefficient (Wildman–Crippen LogP) is 3.96. The molecule has 19 heavy (non-hydrogen) atoms. The van der Waals surface area contributed by atoms with Crippen LogP contribution in [0.2, 0.25) is 0 Å². The van der Waals surface area contributed by atoms with Crippen molar-refractivity contribution in [2.75, 3.05) is 6.54 Å². The van der Waals surface area contributed by atoms with E-state index >= 15 is 0 Å². The number of nitrogens with one attached hydrogen (secondary N) is 1. The molecular weight excluding hydrogens is 230 g/mol. The molecule has 1 aliphatic carbocycles. The third-order valence-corrected chi connectivity index (χ3v) is 4.31. The number of hydrogen-bond donors (Lipinski definition) is 1. The molecule has 100 valence electrons. The first-order chi connectivity index (χ1) is 9.28. The first-order valence-corrected chi connectivity index (χ1v) is 7.53. The van der Waals surface area contributed by atoms with E-state index in [1.54, 1.807) is 0 Å². The summed E-state index contributed by atoms with van der Waals surface area (Å²) in [5, 5.41) is 3.68. The van der Waals surface area contributed by atoms with Gasteiger partial charge in [-0.3, -0.25) is 0 Å². The number of hydrogen-bond acceptors (Lipinski definition) is 1. The van der Waals surface area contributed by atoms with Crippen LogP contribution in [-0.2, 0) is 6.42 Å². The maximum atomic E-state index is 3.68. The van der Waals surface area contributed by atoms with Gasteiger partial charge in [0.05, 0.1) is 0 Å². The molecule has 0 fully saturated rings. The molecule has 3 rings (SSSR count). The van der Waals surface area contributed by atoms with E-state index in [0.717, 1.165) is 13.0 Å². The summed E-state index contributed by atoms with van der Waals surface area (Å²) >= 11 is 0. The first kappa shape index (κ1) is 12.7. The second-order valence-corrected chi connectivity index (χ2v) is 5.81. The van der Waals surface area contributed by atoms with Gasteiger partial charge >= 0.3 is 0 Å². The van der Waals surface area contributed by atoms with Crippen LogP contribution in [0.4, 0.5) is 0 Å². The Hall–Kier alpha value is -1.34. The summed E-state index contributed by atoms with van der Waals surface area (Å²) in [7, 11) is 0. The van der Waals surface area contributed by atoms with Crippen LogP contribution in [0.25, 0.3) is 5.57 Å². The van der Waals surface area contributed by atoms with Gasteiger partial charge in [-0.1, -0.05) is 50.3 Å². The van der Waals surface area contributed by atoms with E-state index in [2.05, 4.69) is 55.6 Å². The summed E-state index contributed by atoms with van der Waals surface area (Å²) < 4.78 is 0. The lowest BCUT2D eigenvalue weighted by Gasteiger charge is -2.33. The van der Waals surface area contributed by atoms with Crippen molar-refractivity contribution < 1.29 is 0 Å². The van der Waals surface area contributed by atoms with Crippen molar-refractivity contribution in [1.29, 1.82) is 0 Å². The minimum absolute atomic E-state index is 0.571. The summed E-state index contributed by atoms with van der Waals surface area (Å²) in [5.41, 5.74) is 5.78. The van der Waals surface area contributed by atoms with Gasteiger partial charge < -0.3 is 5.32 Å². The zero-order valence-electron chi connectivity index (χ0n) is 11.9. The van der Waals surface area contributed by atoms with Crippen LogP contribution in [0.3, 0.4) is 0 Å². The third-order valence-electron chi connectivity index (χ3n) is 4.31. The van der Waals surface area contributed by atoms with E-state index in [4.69, 9.17) is 0 Å². The number of aryl methyl sites for hydroxylation is 1. The molecule has 2 atom stereocenters. The zero-order chi connectivity index (χ0) is 13.2. The molecule has 2 unspecified atom stereocenters. The van der Waals surface area contributed by atoms with Crippen molar-refractivity contribution in [3.63, 3.8) is 0 Å². The van der Waals surface area contributed by atoms with E-state index in [1.807, 2.05) is 0 Å². The Morgan fingerprint density at radius 1 is 1.21 bits per heavy atom. The summed E-state index contributed by atoms with van der Waals surface area (Å²) in [6, 6.07) is 9.67. The number of fused-ring (bicyclic) bond motifs is 1. The molecular formula is C18H23N. The van der Waals surface area contributed by atoms with Gasteiger partial charge in [0.1, 0.15) is 0 Å². The van der Waals surface area contributed by atoms with Crippen LogP contribution in [0.1, 0.15) is 37.8 Å². The third kappa shape index (κ3) is 2.52. The first-order valence-electron chi connectivity index (χ1n) is 7.53.